The van der Waals surface area contributed by atoms with Crippen LogP contribution in [0, 0.1) is 0 Å². The van der Waals surface area contributed by atoms with E-state index < -0.39 is 0 Å². The van der Waals surface area contributed by atoms with Crippen molar-refractivity contribution in [2.24, 2.45) is 0 Å². The topological polar surface area (TPSA) is 24.9 Å². The Hall–Kier alpha value is -0.890. The Morgan fingerprint density at radius 1 is 1.38 bits per heavy atom. The second kappa shape index (κ2) is 3.88. The maximum absolute atomic E-state index is 4.50. The van der Waals surface area contributed by atoms with Crippen molar-refractivity contribution in [1.29, 1.82) is 0 Å². The number of pyridine rings is 1. The molecular weight excluding hydrogens is 160 g/mol. The average molecular weight is 176 g/mol. The Kier molecular flexibility index (Phi) is 2.60. The largest absolute Gasteiger partial charge is 0.316 e. The zero-order valence-electron chi connectivity index (χ0n) is 8.14. The Balaban J connectivity index is 2.24. The van der Waals surface area contributed by atoms with Crippen LogP contribution in [0.2, 0.25) is 0 Å². The molecule has 1 aliphatic carbocycles. The molecule has 2 nitrogen and oxygen atoms in total. The molecule has 0 aliphatic heterocycles. The fourth-order valence-corrected chi connectivity index (χ4v) is 1.94. The maximum Gasteiger partial charge on any atom is 0.0435 e. The monoisotopic (exact) mass is 176 g/mol. The third-order valence-electron chi connectivity index (χ3n) is 2.61. The number of hydrogen-bond donors (Lipinski definition) is 1. The quantitative estimate of drug-likeness (QED) is 0.741. The SMILES string of the molecule is CNCc1cnc2c(c1)CCCC2. The van der Waals surface area contributed by atoms with Gasteiger partial charge in [0.25, 0.3) is 0 Å². The number of hydrogen-bond acceptors (Lipinski definition) is 2. The normalized spacial score (nSPS) is 15.5. The first-order valence-corrected chi connectivity index (χ1v) is 5.01. The summed E-state index contributed by atoms with van der Waals surface area (Å²) in [6.45, 7) is 0.931. The lowest BCUT2D eigenvalue weighted by Crippen LogP contribution is -2.10. The number of rotatable bonds is 2. The highest BCUT2D eigenvalue weighted by molar-refractivity contribution is 5.27. The number of aromatic nitrogens is 1. The van der Waals surface area contributed by atoms with Crippen LogP contribution in [0.1, 0.15) is 29.7 Å². The van der Waals surface area contributed by atoms with Gasteiger partial charge in [0.15, 0.2) is 0 Å². The summed E-state index contributed by atoms with van der Waals surface area (Å²) < 4.78 is 0. The smallest absolute Gasteiger partial charge is 0.0435 e. The molecule has 0 saturated carbocycles. The lowest BCUT2D eigenvalue weighted by Gasteiger charge is -2.15. The van der Waals surface area contributed by atoms with Crippen molar-refractivity contribution in [3.63, 3.8) is 0 Å². The summed E-state index contributed by atoms with van der Waals surface area (Å²) in [5.41, 5.74) is 4.10. The molecule has 0 unspecified atom stereocenters. The van der Waals surface area contributed by atoms with Gasteiger partial charge in [-0.05, 0) is 43.9 Å². The first-order chi connectivity index (χ1) is 6.40. The summed E-state index contributed by atoms with van der Waals surface area (Å²) in [5, 5.41) is 3.15. The van der Waals surface area contributed by atoms with Crippen LogP contribution < -0.4 is 5.32 Å². The van der Waals surface area contributed by atoms with Crippen molar-refractivity contribution in [2.75, 3.05) is 7.05 Å². The van der Waals surface area contributed by atoms with Gasteiger partial charge in [0.2, 0.25) is 0 Å². The van der Waals surface area contributed by atoms with E-state index in [0.717, 1.165) is 6.54 Å². The molecule has 0 aromatic carbocycles. The molecule has 13 heavy (non-hydrogen) atoms. The zero-order valence-corrected chi connectivity index (χ0v) is 8.14. The highest BCUT2D eigenvalue weighted by atomic mass is 14.8. The van der Waals surface area contributed by atoms with Gasteiger partial charge in [0.1, 0.15) is 0 Å². The van der Waals surface area contributed by atoms with Gasteiger partial charge in [-0.3, -0.25) is 4.98 Å². The lowest BCUT2D eigenvalue weighted by molar-refractivity contribution is 0.663. The molecule has 0 radical (unpaired) electrons. The molecule has 1 aromatic heterocycles. The predicted molar refractivity (Wildman–Crippen MR) is 53.6 cm³/mol. The highest BCUT2D eigenvalue weighted by Crippen LogP contribution is 2.19. The Labute approximate surface area is 79.4 Å². The maximum atomic E-state index is 4.50. The predicted octanol–water partition coefficient (Wildman–Crippen LogP) is 1.68. The van der Waals surface area contributed by atoms with Crippen LogP contribution in [0.4, 0.5) is 0 Å². The molecular formula is C11H16N2. The summed E-state index contributed by atoms with van der Waals surface area (Å²) in [7, 11) is 1.97. The van der Waals surface area contributed by atoms with Gasteiger partial charge >= 0.3 is 0 Å². The molecule has 1 N–H and O–H groups in total. The zero-order chi connectivity index (χ0) is 9.10. The van der Waals surface area contributed by atoms with Gasteiger partial charge in [0.05, 0.1) is 0 Å². The highest BCUT2D eigenvalue weighted by Gasteiger charge is 2.10. The van der Waals surface area contributed by atoms with E-state index in [0.29, 0.717) is 0 Å². The molecule has 0 saturated heterocycles. The molecule has 1 heterocycles. The Bertz CT molecular complexity index is 294. The molecule has 0 atom stereocenters. The second-order valence-electron chi connectivity index (χ2n) is 3.69. The van der Waals surface area contributed by atoms with Crippen LogP contribution in [0.5, 0.6) is 0 Å². The minimum atomic E-state index is 0.931. The minimum absolute atomic E-state index is 0.931. The lowest BCUT2D eigenvalue weighted by atomic mass is 9.95. The number of nitrogens with one attached hydrogen (secondary N) is 1. The second-order valence-corrected chi connectivity index (χ2v) is 3.69. The molecule has 2 rings (SSSR count). The molecule has 0 bridgehead atoms. The summed E-state index contributed by atoms with van der Waals surface area (Å²) >= 11 is 0. The summed E-state index contributed by atoms with van der Waals surface area (Å²) in [4.78, 5) is 4.50. The number of nitrogens with zero attached hydrogens (tertiary/aromatic N) is 1. The molecule has 0 spiro atoms. The molecule has 70 valence electrons. The summed E-state index contributed by atoms with van der Waals surface area (Å²) in [5.74, 6) is 0. The summed E-state index contributed by atoms with van der Waals surface area (Å²) in [6.07, 6.45) is 7.04. The van der Waals surface area contributed by atoms with Gasteiger partial charge in [0, 0.05) is 18.4 Å². The molecule has 1 aromatic rings. The van der Waals surface area contributed by atoms with Crippen LogP contribution in [-0.4, -0.2) is 12.0 Å². The van der Waals surface area contributed by atoms with E-state index in [1.807, 2.05) is 13.2 Å². The van der Waals surface area contributed by atoms with Crippen molar-refractivity contribution in [3.05, 3.63) is 29.1 Å². The van der Waals surface area contributed by atoms with Crippen LogP contribution in [0.3, 0.4) is 0 Å². The van der Waals surface area contributed by atoms with Gasteiger partial charge < -0.3 is 5.32 Å². The van der Waals surface area contributed by atoms with Crippen molar-refractivity contribution in [2.45, 2.75) is 32.2 Å². The van der Waals surface area contributed by atoms with Crippen molar-refractivity contribution in [1.82, 2.24) is 10.3 Å². The van der Waals surface area contributed by atoms with Crippen molar-refractivity contribution in [3.8, 4) is 0 Å². The van der Waals surface area contributed by atoms with Crippen molar-refractivity contribution < 1.29 is 0 Å². The molecule has 0 amide bonds. The molecule has 1 aliphatic rings. The van der Waals surface area contributed by atoms with E-state index in [1.165, 1.54) is 42.5 Å². The third kappa shape index (κ3) is 1.89. The molecule has 2 heteroatoms. The van der Waals surface area contributed by atoms with Crippen LogP contribution in [-0.2, 0) is 19.4 Å². The van der Waals surface area contributed by atoms with Crippen LogP contribution in [0.25, 0.3) is 0 Å². The fraction of sp³-hybridized carbons (Fsp3) is 0.545. The van der Waals surface area contributed by atoms with Gasteiger partial charge in [-0.15, -0.1) is 0 Å². The van der Waals surface area contributed by atoms with Gasteiger partial charge in [-0.1, -0.05) is 6.07 Å². The summed E-state index contributed by atoms with van der Waals surface area (Å²) in [6, 6.07) is 2.30. The van der Waals surface area contributed by atoms with E-state index in [1.54, 1.807) is 0 Å². The third-order valence-corrected chi connectivity index (χ3v) is 2.61. The van der Waals surface area contributed by atoms with Gasteiger partial charge in [-0.25, -0.2) is 0 Å². The Morgan fingerprint density at radius 3 is 3.08 bits per heavy atom. The first kappa shape index (κ1) is 8.70. The van der Waals surface area contributed by atoms with E-state index in [2.05, 4.69) is 16.4 Å². The van der Waals surface area contributed by atoms with E-state index >= 15 is 0 Å². The van der Waals surface area contributed by atoms with Crippen LogP contribution >= 0.6 is 0 Å². The fourth-order valence-electron chi connectivity index (χ4n) is 1.94. The number of fused-ring (bicyclic) bond motifs is 1. The minimum Gasteiger partial charge on any atom is -0.316 e. The van der Waals surface area contributed by atoms with E-state index in [9.17, 15) is 0 Å². The first-order valence-electron chi connectivity index (χ1n) is 5.01. The standard InChI is InChI=1S/C11H16N2/c1-12-7-9-6-10-4-2-3-5-11(10)13-8-9/h6,8,12H,2-5,7H2,1H3. The Morgan fingerprint density at radius 2 is 2.23 bits per heavy atom. The molecule has 0 fully saturated rings. The average Bonchev–Trinajstić information content (AvgIpc) is 2.18. The van der Waals surface area contributed by atoms with Gasteiger partial charge in [-0.2, -0.15) is 0 Å². The van der Waals surface area contributed by atoms with Crippen molar-refractivity contribution >= 4 is 0 Å². The number of aryl methyl sites for hydroxylation is 2. The van der Waals surface area contributed by atoms with E-state index in [4.69, 9.17) is 0 Å². The van der Waals surface area contributed by atoms with E-state index in [-0.39, 0.29) is 0 Å². The van der Waals surface area contributed by atoms with Crippen LogP contribution in [0.15, 0.2) is 12.3 Å².